The number of primary amides is 1. The van der Waals surface area contributed by atoms with Crippen molar-refractivity contribution in [1.82, 2.24) is 0 Å². The maximum Gasteiger partial charge on any atom is 0.248 e. The van der Waals surface area contributed by atoms with Gasteiger partial charge < -0.3 is 15.8 Å². The van der Waals surface area contributed by atoms with Crippen molar-refractivity contribution >= 4 is 11.6 Å². The van der Waals surface area contributed by atoms with Crippen LogP contribution in [-0.2, 0) is 0 Å². The maximum absolute atomic E-state index is 11.2. The van der Waals surface area contributed by atoms with Crippen LogP contribution in [0.25, 0.3) is 0 Å². The van der Waals surface area contributed by atoms with Gasteiger partial charge in [0.15, 0.2) is 0 Å². The van der Waals surface area contributed by atoms with E-state index in [0.29, 0.717) is 24.3 Å². The van der Waals surface area contributed by atoms with E-state index in [1.54, 1.807) is 25.3 Å². The van der Waals surface area contributed by atoms with Crippen molar-refractivity contribution in [3.8, 4) is 11.8 Å². The molecule has 0 spiro atoms. The lowest BCUT2D eigenvalue weighted by molar-refractivity contribution is 0.100. The molecule has 0 unspecified atom stereocenters. The van der Waals surface area contributed by atoms with E-state index in [1.807, 2.05) is 0 Å². The molecule has 1 aromatic rings. The summed E-state index contributed by atoms with van der Waals surface area (Å²) < 4.78 is 5.26. The first-order valence-electron chi connectivity index (χ1n) is 6.48. The SMILES string of the molecule is COc1ccc(C(N)=O)cc1NCC(C)(C)CCC#N. The molecule has 0 radical (unpaired) electrons. The number of amides is 1. The summed E-state index contributed by atoms with van der Waals surface area (Å²) in [6.45, 7) is 4.84. The molecular weight excluding hydrogens is 254 g/mol. The van der Waals surface area contributed by atoms with Crippen LogP contribution in [0.15, 0.2) is 18.2 Å². The highest BCUT2D eigenvalue weighted by molar-refractivity contribution is 5.94. The zero-order valence-corrected chi connectivity index (χ0v) is 12.2. The molecule has 108 valence electrons. The largest absolute Gasteiger partial charge is 0.495 e. The number of hydrogen-bond donors (Lipinski definition) is 2. The molecule has 20 heavy (non-hydrogen) atoms. The van der Waals surface area contributed by atoms with E-state index < -0.39 is 5.91 Å². The van der Waals surface area contributed by atoms with Crippen LogP contribution >= 0.6 is 0 Å². The number of nitriles is 1. The molecule has 1 aromatic carbocycles. The molecule has 0 saturated heterocycles. The minimum absolute atomic E-state index is 0.0243. The van der Waals surface area contributed by atoms with Crippen molar-refractivity contribution in [2.24, 2.45) is 11.1 Å². The fraction of sp³-hybridized carbons (Fsp3) is 0.467. The summed E-state index contributed by atoms with van der Waals surface area (Å²) in [5.74, 6) is 0.186. The van der Waals surface area contributed by atoms with Gasteiger partial charge in [-0.15, -0.1) is 0 Å². The van der Waals surface area contributed by atoms with Gasteiger partial charge in [0, 0.05) is 18.5 Å². The third-order valence-electron chi connectivity index (χ3n) is 3.15. The molecule has 0 aliphatic rings. The normalized spacial score (nSPS) is 10.7. The fourth-order valence-corrected chi connectivity index (χ4v) is 1.82. The predicted molar refractivity (Wildman–Crippen MR) is 78.6 cm³/mol. The predicted octanol–water partition coefficient (Wildman–Crippen LogP) is 2.54. The summed E-state index contributed by atoms with van der Waals surface area (Å²) >= 11 is 0. The minimum atomic E-state index is -0.473. The molecule has 1 amide bonds. The number of nitrogens with zero attached hydrogens (tertiary/aromatic N) is 1. The van der Waals surface area contributed by atoms with Crippen molar-refractivity contribution in [3.05, 3.63) is 23.8 Å². The summed E-state index contributed by atoms with van der Waals surface area (Å²) in [6, 6.07) is 7.18. The van der Waals surface area contributed by atoms with Gasteiger partial charge in [0.25, 0.3) is 0 Å². The Labute approximate surface area is 119 Å². The zero-order valence-electron chi connectivity index (χ0n) is 12.2. The Morgan fingerprint density at radius 1 is 1.50 bits per heavy atom. The Kier molecular flexibility index (Phi) is 5.39. The smallest absolute Gasteiger partial charge is 0.248 e. The van der Waals surface area contributed by atoms with Crippen LogP contribution in [0.2, 0.25) is 0 Å². The molecule has 0 atom stereocenters. The zero-order chi connectivity index (χ0) is 15.2. The molecular formula is C15H21N3O2. The third-order valence-corrected chi connectivity index (χ3v) is 3.15. The van der Waals surface area contributed by atoms with Gasteiger partial charge in [0.1, 0.15) is 5.75 Å². The molecule has 1 rings (SSSR count). The molecule has 0 saturated carbocycles. The van der Waals surface area contributed by atoms with E-state index in [9.17, 15) is 4.79 Å². The Morgan fingerprint density at radius 2 is 2.20 bits per heavy atom. The first-order chi connectivity index (χ1) is 9.39. The second kappa shape index (κ2) is 6.80. The molecule has 3 N–H and O–H groups in total. The first kappa shape index (κ1) is 15.8. The fourth-order valence-electron chi connectivity index (χ4n) is 1.82. The Bertz CT molecular complexity index is 518. The van der Waals surface area contributed by atoms with E-state index in [-0.39, 0.29) is 5.41 Å². The second-order valence-electron chi connectivity index (χ2n) is 5.46. The van der Waals surface area contributed by atoms with E-state index >= 15 is 0 Å². The lowest BCUT2D eigenvalue weighted by Crippen LogP contribution is -2.23. The van der Waals surface area contributed by atoms with E-state index in [4.69, 9.17) is 15.7 Å². The summed E-state index contributed by atoms with van der Waals surface area (Å²) in [5, 5.41) is 11.9. The number of benzene rings is 1. The summed E-state index contributed by atoms with van der Waals surface area (Å²) in [7, 11) is 1.57. The maximum atomic E-state index is 11.2. The van der Waals surface area contributed by atoms with Crippen LogP contribution in [0.1, 0.15) is 37.0 Å². The van der Waals surface area contributed by atoms with Gasteiger partial charge in [-0.3, -0.25) is 4.79 Å². The molecule has 5 nitrogen and oxygen atoms in total. The Morgan fingerprint density at radius 3 is 2.75 bits per heavy atom. The van der Waals surface area contributed by atoms with Gasteiger partial charge in [-0.25, -0.2) is 0 Å². The third kappa shape index (κ3) is 4.47. The van der Waals surface area contributed by atoms with Crippen molar-refractivity contribution in [1.29, 1.82) is 5.26 Å². The van der Waals surface area contributed by atoms with Crippen molar-refractivity contribution in [2.75, 3.05) is 19.0 Å². The topological polar surface area (TPSA) is 88.1 Å². The van der Waals surface area contributed by atoms with Crippen molar-refractivity contribution in [2.45, 2.75) is 26.7 Å². The van der Waals surface area contributed by atoms with E-state index in [1.165, 1.54) is 0 Å². The minimum Gasteiger partial charge on any atom is -0.495 e. The van der Waals surface area contributed by atoms with Gasteiger partial charge in [-0.05, 0) is 30.0 Å². The Hall–Kier alpha value is -2.22. The van der Waals surface area contributed by atoms with Crippen LogP contribution in [0.4, 0.5) is 5.69 Å². The number of anilines is 1. The number of methoxy groups -OCH3 is 1. The van der Waals surface area contributed by atoms with Gasteiger partial charge in [-0.2, -0.15) is 5.26 Å². The van der Waals surface area contributed by atoms with Crippen LogP contribution in [-0.4, -0.2) is 19.6 Å². The van der Waals surface area contributed by atoms with Crippen LogP contribution in [0, 0.1) is 16.7 Å². The number of nitrogens with two attached hydrogens (primary N) is 1. The molecule has 0 aliphatic carbocycles. The number of ether oxygens (including phenoxy) is 1. The van der Waals surface area contributed by atoms with Gasteiger partial charge in [0.2, 0.25) is 5.91 Å². The molecule has 0 bridgehead atoms. The highest BCUT2D eigenvalue weighted by Crippen LogP contribution is 2.28. The molecule has 0 heterocycles. The average molecular weight is 275 g/mol. The van der Waals surface area contributed by atoms with Crippen LogP contribution < -0.4 is 15.8 Å². The van der Waals surface area contributed by atoms with Crippen molar-refractivity contribution in [3.63, 3.8) is 0 Å². The van der Waals surface area contributed by atoms with Gasteiger partial charge in [0.05, 0.1) is 18.9 Å². The number of hydrogen-bond acceptors (Lipinski definition) is 4. The number of carbonyl (C=O) groups excluding carboxylic acids is 1. The average Bonchev–Trinajstić information content (AvgIpc) is 2.42. The molecule has 5 heteroatoms. The highest BCUT2D eigenvalue weighted by atomic mass is 16.5. The van der Waals surface area contributed by atoms with E-state index in [2.05, 4.69) is 25.2 Å². The highest BCUT2D eigenvalue weighted by Gasteiger charge is 2.18. The van der Waals surface area contributed by atoms with Crippen molar-refractivity contribution < 1.29 is 9.53 Å². The van der Waals surface area contributed by atoms with Crippen LogP contribution in [0.5, 0.6) is 5.75 Å². The van der Waals surface area contributed by atoms with Gasteiger partial charge in [-0.1, -0.05) is 13.8 Å². The quantitative estimate of drug-likeness (QED) is 0.800. The lowest BCUT2D eigenvalue weighted by atomic mass is 9.88. The summed E-state index contributed by atoms with van der Waals surface area (Å²) in [5.41, 5.74) is 6.42. The Balaban J connectivity index is 2.83. The van der Waals surface area contributed by atoms with Gasteiger partial charge >= 0.3 is 0 Å². The van der Waals surface area contributed by atoms with E-state index in [0.717, 1.165) is 12.1 Å². The van der Waals surface area contributed by atoms with Crippen LogP contribution in [0.3, 0.4) is 0 Å². The number of rotatable bonds is 7. The summed E-state index contributed by atoms with van der Waals surface area (Å²) in [6.07, 6.45) is 1.32. The molecule has 0 aromatic heterocycles. The molecule has 0 fully saturated rings. The standard InChI is InChI=1S/C15H21N3O2/c1-15(2,7-4-8-16)10-18-12-9-11(14(17)19)5-6-13(12)20-3/h5-6,9,18H,4,7,10H2,1-3H3,(H2,17,19). The first-order valence-corrected chi connectivity index (χ1v) is 6.48. The lowest BCUT2D eigenvalue weighted by Gasteiger charge is -2.25. The number of carbonyl (C=O) groups is 1. The second-order valence-corrected chi connectivity index (χ2v) is 5.46. The number of nitrogens with one attached hydrogen (secondary N) is 1. The molecule has 0 aliphatic heterocycles. The monoisotopic (exact) mass is 275 g/mol. The summed E-state index contributed by atoms with van der Waals surface area (Å²) in [4.78, 5) is 11.2.